The Morgan fingerprint density at radius 2 is 1.15 bits per heavy atom. The summed E-state index contributed by atoms with van der Waals surface area (Å²) in [6.45, 7) is 4.18. The van der Waals surface area contributed by atoms with E-state index in [0.717, 1.165) is 6.08 Å². The second kappa shape index (κ2) is 21.8. The van der Waals surface area contributed by atoms with Gasteiger partial charge in [-0.15, -0.1) is 0 Å². The summed E-state index contributed by atoms with van der Waals surface area (Å²) >= 11 is 0. The van der Waals surface area contributed by atoms with E-state index in [9.17, 15) is 75.4 Å². The van der Waals surface area contributed by atoms with Crippen LogP contribution >= 0.6 is 0 Å². The molecule has 0 aliphatic carbocycles. The molecule has 2 atom stereocenters. The Labute approximate surface area is 372 Å². The van der Waals surface area contributed by atoms with Crippen molar-refractivity contribution in [2.45, 2.75) is 118 Å². The Kier molecular flexibility index (Phi) is 19.1. The van der Waals surface area contributed by atoms with E-state index in [1.807, 2.05) is 0 Å². The number of methoxy groups -OCH3 is 2. The Morgan fingerprint density at radius 1 is 0.672 bits per heavy atom. The lowest BCUT2D eigenvalue weighted by atomic mass is 9.88. The summed E-state index contributed by atoms with van der Waals surface area (Å²) in [5.74, 6) is -57.3. The number of hydrogen-bond acceptors (Lipinski definition) is 8. The van der Waals surface area contributed by atoms with Gasteiger partial charge < -0.3 is 23.4 Å². The summed E-state index contributed by atoms with van der Waals surface area (Å²) in [6.07, 6.45) is -11.3. The lowest BCUT2D eigenvalue weighted by Crippen LogP contribution is -2.74. The van der Waals surface area contributed by atoms with Crippen molar-refractivity contribution in [3.63, 3.8) is 0 Å². The zero-order valence-electron chi connectivity index (χ0n) is 35.8. The van der Waals surface area contributed by atoms with E-state index in [1.54, 1.807) is 12.1 Å². The molecule has 2 aromatic carbocycles. The number of hydroxylamine groups is 1. The molecule has 0 aliphatic rings. The highest BCUT2D eigenvalue weighted by molar-refractivity contribution is 6.76. The first-order chi connectivity index (χ1) is 30.5. The third-order valence-corrected chi connectivity index (χ3v) is 16.1. The average molecular weight is 1020 g/mol. The zero-order chi connectivity index (χ0) is 51.8. The van der Waals surface area contributed by atoms with E-state index in [-0.39, 0.29) is 17.7 Å². The van der Waals surface area contributed by atoms with E-state index in [2.05, 4.69) is 5.32 Å². The van der Waals surface area contributed by atoms with Crippen molar-refractivity contribution in [1.82, 2.24) is 5.48 Å². The number of hydrogen-bond donors (Lipinski definition) is 3. The van der Waals surface area contributed by atoms with Crippen LogP contribution in [0.1, 0.15) is 52.2 Å². The standard InChI is InChI=1S/C39H45F17N2O8Si/c1-22(2)67(23(3)4,21-18-32(40,41)33(42,43)34(44,45)35(46,47)36(48,49)37(50,51)38(52,53)39(54,55)56)65-20-19-64-27-14-10-24(11-15-27)30(28(63-6)8-7-9-29(59)58-61)66-31(60)57-25-12-16-26(62-5)17-13-25/h7,9-17,22-23,28,30,61H,8,18-21H2,1-6H3,(H,57,60)(H,58,59)/b9-7+/t28-,30-/m1/s1. The molecular formula is C39H45F17N2O8Si. The Bertz CT molecular complexity index is 1950. The van der Waals surface area contributed by atoms with Gasteiger partial charge in [-0.05, 0) is 65.5 Å². The molecule has 0 fully saturated rings. The number of halogens is 17. The number of rotatable bonds is 25. The predicted octanol–water partition coefficient (Wildman–Crippen LogP) is 12.0. The van der Waals surface area contributed by atoms with Crippen LogP contribution in [0.2, 0.25) is 17.1 Å². The fourth-order valence-corrected chi connectivity index (χ4v) is 11.0. The number of ether oxygens (including phenoxy) is 4. The van der Waals surface area contributed by atoms with Crippen LogP contribution in [0.4, 0.5) is 85.1 Å². The van der Waals surface area contributed by atoms with Crippen LogP contribution in [0.25, 0.3) is 0 Å². The van der Waals surface area contributed by atoms with Gasteiger partial charge in [0, 0.05) is 25.3 Å². The number of carbonyl (C=O) groups is 2. The van der Waals surface area contributed by atoms with Gasteiger partial charge in [-0.2, -0.15) is 74.6 Å². The van der Waals surface area contributed by atoms with Crippen LogP contribution in [0.15, 0.2) is 60.7 Å². The highest BCUT2D eigenvalue weighted by Gasteiger charge is 2.95. The molecule has 0 aliphatic heterocycles. The maximum absolute atomic E-state index is 15.0. The van der Waals surface area contributed by atoms with E-state index in [1.165, 1.54) is 89.9 Å². The highest BCUT2D eigenvalue weighted by Crippen LogP contribution is 2.64. The fraction of sp³-hybridized carbons (Fsp3) is 0.590. The molecule has 2 amide bonds. The summed E-state index contributed by atoms with van der Waals surface area (Å²) in [5.41, 5.74) is 0.158. The van der Waals surface area contributed by atoms with Crippen molar-refractivity contribution in [2.24, 2.45) is 0 Å². The van der Waals surface area contributed by atoms with Gasteiger partial charge in [-0.3, -0.25) is 15.3 Å². The minimum absolute atomic E-state index is 0.0580. The minimum atomic E-state index is -8.71. The second-order valence-corrected chi connectivity index (χ2v) is 20.3. The lowest BCUT2D eigenvalue weighted by Gasteiger charge is -2.44. The smallest absolute Gasteiger partial charge is 0.460 e. The molecule has 0 saturated carbocycles. The van der Waals surface area contributed by atoms with Gasteiger partial charge in [-0.1, -0.05) is 45.9 Å². The third kappa shape index (κ3) is 12.2. The molecule has 3 N–H and O–H groups in total. The maximum Gasteiger partial charge on any atom is 0.460 e. The van der Waals surface area contributed by atoms with Crippen LogP contribution in [-0.2, 0) is 18.7 Å². The van der Waals surface area contributed by atoms with Gasteiger partial charge in [0.15, 0.2) is 14.4 Å². The molecule has 67 heavy (non-hydrogen) atoms. The molecule has 28 heteroatoms. The molecule has 0 bridgehead atoms. The Hall–Kier alpha value is -4.57. The van der Waals surface area contributed by atoms with Gasteiger partial charge in [-0.25, -0.2) is 10.3 Å². The molecular weight excluding hydrogens is 975 g/mol. The Morgan fingerprint density at radius 3 is 1.60 bits per heavy atom. The first kappa shape index (κ1) is 58.6. The van der Waals surface area contributed by atoms with Crippen LogP contribution < -0.4 is 20.3 Å². The molecule has 0 spiro atoms. The summed E-state index contributed by atoms with van der Waals surface area (Å²) in [5, 5.41) is 11.3. The zero-order valence-corrected chi connectivity index (χ0v) is 36.8. The average Bonchev–Trinajstić information content (AvgIpc) is 3.23. The Balaban J connectivity index is 2.32. The number of alkyl halides is 17. The summed E-state index contributed by atoms with van der Waals surface area (Å²) in [7, 11) is -1.35. The van der Waals surface area contributed by atoms with E-state index in [0.29, 0.717) is 11.4 Å². The number of anilines is 1. The highest BCUT2D eigenvalue weighted by atomic mass is 28.4. The number of amides is 2. The van der Waals surface area contributed by atoms with Crippen LogP contribution in [0, 0.1) is 0 Å². The summed E-state index contributed by atoms with van der Waals surface area (Å²) < 4.78 is 264. The van der Waals surface area contributed by atoms with E-state index >= 15 is 8.78 Å². The maximum atomic E-state index is 15.0. The van der Waals surface area contributed by atoms with Crippen molar-refractivity contribution in [2.75, 3.05) is 32.8 Å². The van der Waals surface area contributed by atoms with Crippen LogP contribution in [0.5, 0.6) is 11.5 Å². The van der Waals surface area contributed by atoms with Gasteiger partial charge in [0.2, 0.25) is 0 Å². The SMILES string of the molecule is COc1ccc(NC(=O)O[C@H](c2ccc(OCCO[Si](CCC(F)(F)C(F)(F)C(F)(F)C(F)(F)C(F)(F)C(F)(F)C(F)(F)C(F)(F)F)(C(C)C)C(C)C)cc2)[C@@H](C/C=C/C(=O)NO)OC)cc1. The minimum Gasteiger partial charge on any atom is -0.497 e. The fourth-order valence-electron chi connectivity index (χ4n) is 6.49. The van der Waals surface area contributed by atoms with E-state index in [4.69, 9.17) is 28.6 Å². The van der Waals surface area contributed by atoms with Crippen LogP contribution in [0.3, 0.4) is 0 Å². The third-order valence-electron chi connectivity index (χ3n) is 10.5. The van der Waals surface area contributed by atoms with Crippen molar-refractivity contribution >= 4 is 26.0 Å². The van der Waals surface area contributed by atoms with Crippen molar-refractivity contribution in [1.29, 1.82) is 0 Å². The first-order valence-electron chi connectivity index (χ1n) is 19.3. The molecule has 0 saturated heterocycles. The largest absolute Gasteiger partial charge is 0.497 e. The molecule has 0 heterocycles. The van der Waals surface area contributed by atoms with Gasteiger partial charge >= 0.3 is 53.7 Å². The van der Waals surface area contributed by atoms with Crippen molar-refractivity contribution in [3.05, 3.63) is 66.2 Å². The monoisotopic (exact) mass is 1020 g/mol. The van der Waals surface area contributed by atoms with E-state index < -0.39 is 117 Å². The summed E-state index contributed by atoms with van der Waals surface area (Å²) in [6, 6.07) is 10.3. The number of benzene rings is 2. The second-order valence-electron chi connectivity index (χ2n) is 15.2. The normalized spacial score (nSPS) is 14.9. The molecule has 2 aromatic rings. The molecule has 10 nitrogen and oxygen atoms in total. The van der Waals surface area contributed by atoms with Crippen LogP contribution in [-0.4, -0.2) is 107 Å². The lowest BCUT2D eigenvalue weighted by molar-refractivity contribution is -0.461. The van der Waals surface area contributed by atoms with Gasteiger partial charge in [0.05, 0.1) is 13.7 Å². The molecule has 0 radical (unpaired) electrons. The molecule has 0 unspecified atom stereocenters. The molecule has 2 rings (SSSR count). The van der Waals surface area contributed by atoms with Crippen molar-refractivity contribution < 1.29 is 113 Å². The summed E-state index contributed by atoms with van der Waals surface area (Å²) in [4.78, 5) is 24.4. The number of carbonyl (C=O) groups excluding carboxylic acids is 2. The molecule has 382 valence electrons. The molecule has 0 aromatic heterocycles. The quantitative estimate of drug-likeness (QED) is 0.0224. The van der Waals surface area contributed by atoms with Gasteiger partial charge in [0.25, 0.3) is 5.91 Å². The first-order valence-corrected chi connectivity index (χ1v) is 21.6. The predicted molar refractivity (Wildman–Crippen MR) is 204 cm³/mol. The number of nitrogens with one attached hydrogen (secondary N) is 2. The van der Waals surface area contributed by atoms with Crippen molar-refractivity contribution in [3.8, 4) is 11.5 Å². The van der Waals surface area contributed by atoms with Gasteiger partial charge in [0.1, 0.15) is 24.2 Å². The topological polar surface area (TPSA) is 125 Å².